The van der Waals surface area contributed by atoms with Gasteiger partial charge in [0.1, 0.15) is 5.75 Å². The summed E-state index contributed by atoms with van der Waals surface area (Å²) in [6, 6.07) is 4.50. The minimum absolute atomic E-state index is 0.305. The van der Waals surface area contributed by atoms with Crippen LogP contribution >= 0.6 is 0 Å². The molecule has 0 aromatic heterocycles. The van der Waals surface area contributed by atoms with Crippen molar-refractivity contribution in [3.8, 4) is 5.75 Å². The zero-order valence-corrected chi connectivity index (χ0v) is 7.75. The van der Waals surface area contributed by atoms with Gasteiger partial charge < -0.3 is 21.4 Å². The van der Waals surface area contributed by atoms with Gasteiger partial charge in [0.2, 0.25) is 0 Å². The molecule has 0 unspecified atom stereocenters. The predicted octanol–water partition coefficient (Wildman–Crippen LogP) is 0.690. The highest BCUT2D eigenvalue weighted by atomic mass is 16.5. The van der Waals surface area contributed by atoms with Gasteiger partial charge in [-0.15, -0.1) is 5.11 Å². The van der Waals surface area contributed by atoms with E-state index in [2.05, 4.69) is 10.3 Å². The number of nitrogens with two attached hydrogens (primary N) is 2. The van der Waals surface area contributed by atoms with Crippen LogP contribution in [0.15, 0.2) is 28.5 Å². The van der Waals surface area contributed by atoms with Crippen molar-refractivity contribution < 1.29 is 14.6 Å². The van der Waals surface area contributed by atoms with Crippen LogP contribution in [0.25, 0.3) is 0 Å². The van der Waals surface area contributed by atoms with E-state index in [1.54, 1.807) is 0 Å². The summed E-state index contributed by atoms with van der Waals surface area (Å²) in [5, 5.41) is 15.0. The molecular weight excluding hydrogens is 200 g/mol. The van der Waals surface area contributed by atoms with Crippen LogP contribution in [-0.2, 0) is 4.79 Å². The molecule has 7 heteroatoms. The molecule has 0 fully saturated rings. The van der Waals surface area contributed by atoms with Crippen LogP contribution in [0.5, 0.6) is 5.75 Å². The van der Waals surface area contributed by atoms with Gasteiger partial charge in [-0.25, -0.2) is 4.79 Å². The molecule has 0 radical (unpaired) electrons. The van der Waals surface area contributed by atoms with Crippen molar-refractivity contribution in [3.63, 3.8) is 0 Å². The van der Waals surface area contributed by atoms with Gasteiger partial charge in [0, 0.05) is 17.8 Å². The molecule has 80 valence electrons. The normalized spacial score (nSPS) is 10.4. The average molecular weight is 210 g/mol. The van der Waals surface area contributed by atoms with Crippen molar-refractivity contribution in [2.45, 2.75) is 0 Å². The van der Waals surface area contributed by atoms with Crippen molar-refractivity contribution in [2.24, 2.45) is 16.2 Å². The van der Waals surface area contributed by atoms with E-state index in [0.29, 0.717) is 17.1 Å². The van der Waals surface area contributed by atoms with Crippen LogP contribution in [0.2, 0.25) is 0 Å². The molecule has 0 aliphatic heterocycles. The number of benzene rings is 1. The molecule has 5 N–H and O–H groups in total. The zero-order valence-electron chi connectivity index (χ0n) is 7.75. The van der Waals surface area contributed by atoms with Gasteiger partial charge in [0.05, 0.1) is 5.69 Å². The van der Waals surface area contributed by atoms with Crippen molar-refractivity contribution in [1.29, 1.82) is 0 Å². The van der Waals surface area contributed by atoms with E-state index < -0.39 is 12.6 Å². The molecule has 0 spiro atoms. The fourth-order valence-corrected chi connectivity index (χ4v) is 0.959. The molecule has 0 aliphatic rings. The Morgan fingerprint density at radius 2 is 2.20 bits per heavy atom. The molecule has 0 aliphatic carbocycles. The molecule has 0 amide bonds. The molecule has 1 rings (SSSR count). The zero-order chi connectivity index (χ0) is 11.3. The second kappa shape index (κ2) is 4.80. The highest BCUT2D eigenvalue weighted by molar-refractivity contribution is 5.68. The van der Waals surface area contributed by atoms with Crippen LogP contribution in [0.1, 0.15) is 0 Å². The van der Waals surface area contributed by atoms with Crippen molar-refractivity contribution in [2.75, 3.05) is 12.3 Å². The predicted molar refractivity (Wildman–Crippen MR) is 52.7 cm³/mol. The number of nitrogen functional groups attached to an aromatic ring is 1. The molecule has 0 saturated carbocycles. The minimum atomic E-state index is -1.07. The molecule has 1 aromatic carbocycles. The lowest BCUT2D eigenvalue weighted by atomic mass is 10.2. The number of hydrogen-bond donors (Lipinski definition) is 3. The van der Waals surface area contributed by atoms with Gasteiger partial charge in [-0.1, -0.05) is 5.22 Å². The summed E-state index contributed by atoms with van der Waals surface area (Å²) >= 11 is 0. The maximum atomic E-state index is 10.2. The summed E-state index contributed by atoms with van der Waals surface area (Å²) in [6.45, 7) is -0.442. The van der Waals surface area contributed by atoms with Crippen LogP contribution in [0.3, 0.4) is 0 Å². The molecule has 7 nitrogen and oxygen atoms in total. The van der Waals surface area contributed by atoms with Gasteiger partial charge in [-0.05, 0) is 6.07 Å². The molecule has 15 heavy (non-hydrogen) atoms. The number of carboxylic acid groups (broad SMARTS) is 1. The third-order valence-corrected chi connectivity index (χ3v) is 1.45. The Balaban J connectivity index is 2.83. The third kappa shape index (κ3) is 3.51. The summed E-state index contributed by atoms with van der Waals surface area (Å²) < 4.78 is 4.91. The van der Waals surface area contributed by atoms with E-state index in [9.17, 15) is 4.79 Å². The monoisotopic (exact) mass is 210 g/mol. The molecule has 0 heterocycles. The number of hydrogen-bond acceptors (Lipinski definition) is 5. The Morgan fingerprint density at radius 1 is 1.47 bits per heavy atom. The van der Waals surface area contributed by atoms with E-state index in [-0.39, 0.29) is 0 Å². The first-order chi connectivity index (χ1) is 7.11. The maximum absolute atomic E-state index is 10.2. The first kappa shape index (κ1) is 10.8. The summed E-state index contributed by atoms with van der Waals surface area (Å²) in [6.07, 6.45) is 0. The Bertz CT molecular complexity index is 391. The number of ether oxygens (including phenoxy) is 1. The molecule has 0 atom stereocenters. The number of carbonyl (C=O) groups is 1. The van der Waals surface area contributed by atoms with Gasteiger partial charge in [-0.3, -0.25) is 0 Å². The number of rotatable bonds is 4. The van der Waals surface area contributed by atoms with Crippen LogP contribution in [-0.4, -0.2) is 17.7 Å². The van der Waals surface area contributed by atoms with Crippen molar-refractivity contribution in [3.05, 3.63) is 18.2 Å². The van der Waals surface area contributed by atoms with E-state index in [4.69, 9.17) is 21.4 Å². The number of carboxylic acids is 1. The minimum Gasteiger partial charge on any atom is -0.482 e. The van der Waals surface area contributed by atoms with E-state index in [1.165, 1.54) is 18.2 Å². The largest absolute Gasteiger partial charge is 0.482 e. The number of aliphatic carboxylic acids is 1. The lowest BCUT2D eigenvalue weighted by Gasteiger charge is -2.04. The standard InChI is InChI=1S/C8H10N4O3/c9-5-1-6(11-12-10)3-7(2-5)15-4-8(13)14/h1-3H,4,9H2,(H2,10,11)(H,13,14). The summed E-state index contributed by atoms with van der Waals surface area (Å²) in [5.74, 6) is 4.10. The lowest BCUT2D eigenvalue weighted by Crippen LogP contribution is -2.09. The number of nitrogens with zero attached hydrogens (tertiary/aromatic N) is 2. The van der Waals surface area contributed by atoms with E-state index >= 15 is 0 Å². The second-order valence-corrected chi connectivity index (χ2v) is 2.66. The van der Waals surface area contributed by atoms with Crippen LogP contribution < -0.4 is 16.3 Å². The van der Waals surface area contributed by atoms with Crippen molar-refractivity contribution in [1.82, 2.24) is 0 Å². The van der Waals surface area contributed by atoms with E-state index in [0.717, 1.165) is 0 Å². The quantitative estimate of drug-likeness (QED) is 0.292. The lowest BCUT2D eigenvalue weighted by molar-refractivity contribution is -0.139. The number of anilines is 1. The first-order valence-corrected chi connectivity index (χ1v) is 3.98. The Morgan fingerprint density at radius 3 is 2.80 bits per heavy atom. The highest BCUT2D eigenvalue weighted by Gasteiger charge is 2.02. The van der Waals surface area contributed by atoms with Gasteiger partial charge in [-0.2, -0.15) is 0 Å². The first-order valence-electron chi connectivity index (χ1n) is 3.98. The van der Waals surface area contributed by atoms with E-state index in [1.807, 2.05) is 0 Å². The smallest absolute Gasteiger partial charge is 0.341 e. The summed E-state index contributed by atoms with van der Waals surface area (Å²) in [5.41, 5.74) is 6.32. The fraction of sp³-hybridized carbons (Fsp3) is 0.125. The average Bonchev–Trinajstić information content (AvgIpc) is 2.14. The van der Waals surface area contributed by atoms with Gasteiger partial charge in [0.15, 0.2) is 6.61 Å². The maximum Gasteiger partial charge on any atom is 0.341 e. The third-order valence-electron chi connectivity index (χ3n) is 1.45. The molecule has 0 bridgehead atoms. The molecular formula is C8H10N4O3. The highest BCUT2D eigenvalue weighted by Crippen LogP contribution is 2.24. The summed E-state index contributed by atoms with van der Waals surface area (Å²) in [4.78, 5) is 10.2. The Labute approximate surface area is 85.3 Å². The SMILES string of the molecule is NN=Nc1cc(N)cc(OCC(=O)O)c1. The second-order valence-electron chi connectivity index (χ2n) is 2.66. The molecule has 1 aromatic rings. The van der Waals surface area contributed by atoms with Crippen LogP contribution in [0.4, 0.5) is 11.4 Å². The van der Waals surface area contributed by atoms with Crippen molar-refractivity contribution >= 4 is 17.3 Å². The fourth-order valence-electron chi connectivity index (χ4n) is 0.959. The molecule has 0 saturated heterocycles. The van der Waals surface area contributed by atoms with Gasteiger partial charge >= 0.3 is 5.97 Å². The Kier molecular flexibility index (Phi) is 3.44. The van der Waals surface area contributed by atoms with Crippen LogP contribution in [0, 0.1) is 0 Å². The van der Waals surface area contributed by atoms with Gasteiger partial charge in [0.25, 0.3) is 0 Å². The summed E-state index contributed by atoms with van der Waals surface area (Å²) in [7, 11) is 0. The Hall–Kier alpha value is -2.31. The topological polar surface area (TPSA) is 123 Å².